The summed E-state index contributed by atoms with van der Waals surface area (Å²) in [6, 6.07) is 6.61. The van der Waals surface area contributed by atoms with E-state index < -0.39 is 16.8 Å². The Hall–Kier alpha value is -2.70. The number of esters is 1. The summed E-state index contributed by atoms with van der Waals surface area (Å²) >= 11 is 0. The molecule has 0 spiro atoms. The second-order valence-corrected chi connectivity index (χ2v) is 4.04. The fraction of sp³-hybridized carbons (Fsp3) is 0.231. The van der Waals surface area contributed by atoms with Gasteiger partial charge in [0, 0.05) is 5.56 Å². The summed E-state index contributed by atoms with van der Waals surface area (Å²) < 4.78 is 4.80. The Morgan fingerprint density at radius 2 is 2.15 bits per heavy atom. The molecule has 0 unspecified atom stereocenters. The highest BCUT2D eigenvalue weighted by atomic mass is 16.6. The number of rotatable bonds is 4. The van der Waals surface area contributed by atoms with Gasteiger partial charge in [0.25, 0.3) is 5.91 Å². The molecule has 1 aliphatic rings. The molecule has 104 valence electrons. The topological polar surface area (TPSA) is 89.8 Å². The average Bonchev–Trinajstić information content (AvgIpc) is 2.65. The molecular weight excluding hydrogens is 264 g/mol. The molecular formula is C13H12N2O5. The highest BCUT2D eigenvalue weighted by molar-refractivity contribution is 6.33. The Morgan fingerprint density at radius 1 is 1.45 bits per heavy atom. The first-order valence-corrected chi connectivity index (χ1v) is 5.96. The molecule has 0 bridgehead atoms. The molecule has 1 aromatic rings. The second kappa shape index (κ2) is 5.52. The lowest BCUT2D eigenvalue weighted by molar-refractivity contribution is -0.401. The molecule has 0 atom stereocenters. The Balaban J connectivity index is 2.38. The Morgan fingerprint density at radius 3 is 2.80 bits per heavy atom. The maximum absolute atomic E-state index is 12.2. The van der Waals surface area contributed by atoms with Crippen molar-refractivity contribution in [3.63, 3.8) is 0 Å². The van der Waals surface area contributed by atoms with E-state index in [9.17, 15) is 19.7 Å². The molecule has 1 aromatic carbocycles. The van der Waals surface area contributed by atoms with Crippen molar-refractivity contribution in [3.8, 4) is 0 Å². The standard InChI is InChI=1S/C13H12N2O5/c1-2-20-12(16)8-14-11-6-4-3-5-9(11)10(13(14)17)7-15(18)19/h3-7H,2,8H2,1H3/b10-7+. The van der Waals surface area contributed by atoms with Crippen LogP contribution < -0.4 is 4.90 Å². The summed E-state index contributed by atoms with van der Waals surface area (Å²) in [4.78, 5) is 34.8. The van der Waals surface area contributed by atoms with Crippen LogP contribution in [0.5, 0.6) is 0 Å². The van der Waals surface area contributed by atoms with Gasteiger partial charge >= 0.3 is 5.97 Å². The van der Waals surface area contributed by atoms with Crippen LogP contribution in [-0.2, 0) is 14.3 Å². The van der Waals surface area contributed by atoms with Gasteiger partial charge in [-0.15, -0.1) is 0 Å². The SMILES string of the molecule is CCOC(=O)CN1C(=O)/C(=C/[N+](=O)[O-])c2ccccc21. The zero-order chi connectivity index (χ0) is 14.7. The molecule has 0 saturated carbocycles. The molecule has 0 N–H and O–H groups in total. The van der Waals surface area contributed by atoms with E-state index in [1.165, 1.54) is 4.90 Å². The molecule has 20 heavy (non-hydrogen) atoms. The molecule has 1 amide bonds. The van der Waals surface area contributed by atoms with Gasteiger partial charge in [0.05, 0.1) is 17.2 Å². The van der Waals surface area contributed by atoms with Crippen LogP contribution in [0.15, 0.2) is 30.5 Å². The molecule has 0 fully saturated rings. The van der Waals surface area contributed by atoms with Gasteiger partial charge in [-0.25, -0.2) is 0 Å². The van der Waals surface area contributed by atoms with Gasteiger partial charge in [-0.3, -0.25) is 24.6 Å². The largest absolute Gasteiger partial charge is 0.465 e. The number of nitro groups is 1. The first-order valence-electron chi connectivity index (χ1n) is 5.96. The number of para-hydroxylation sites is 1. The van der Waals surface area contributed by atoms with E-state index in [1.807, 2.05) is 0 Å². The molecule has 0 aliphatic carbocycles. The van der Waals surface area contributed by atoms with Crippen molar-refractivity contribution in [1.29, 1.82) is 0 Å². The molecule has 0 radical (unpaired) electrons. The van der Waals surface area contributed by atoms with Crippen LogP contribution in [0.25, 0.3) is 5.57 Å². The van der Waals surface area contributed by atoms with Crippen LogP contribution in [0.1, 0.15) is 12.5 Å². The minimum absolute atomic E-state index is 0.0325. The molecule has 7 heteroatoms. The van der Waals surface area contributed by atoms with E-state index in [1.54, 1.807) is 31.2 Å². The third-order valence-electron chi connectivity index (χ3n) is 2.79. The fourth-order valence-electron chi connectivity index (χ4n) is 2.03. The summed E-state index contributed by atoms with van der Waals surface area (Å²) in [5.41, 5.74) is 0.882. The third kappa shape index (κ3) is 2.51. The fourth-order valence-corrected chi connectivity index (χ4v) is 2.03. The molecule has 0 aromatic heterocycles. The van der Waals surface area contributed by atoms with Crippen LogP contribution in [-0.4, -0.2) is 30.0 Å². The zero-order valence-electron chi connectivity index (χ0n) is 10.7. The Labute approximate surface area is 114 Å². The summed E-state index contributed by atoms with van der Waals surface area (Å²) in [6.07, 6.45) is 0.659. The number of hydrogen-bond acceptors (Lipinski definition) is 5. The van der Waals surface area contributed by atoms with E-state index in [-0.39, 0.29) is 18.7 Å². The van der Waals surface area contributed by atoms with E-state index in [0.717, 1.165) is 0 Å². The van der Waals surface area contributed by atoms with Crippen molar-refractivity contribution in [3.05, 3.63) is 46.1 Å². The molecule has 1 heterocycles. The number of carbonyl (C=O) groups excluding carboxylic acids is 2. The number of carbonyl (C=O) groups is 2. The van der Waals surface area contributed by atoms with E-state index in [4.69, 9.17) is 4.74 Å². The van der Waals surface area contributed by atoms with Crippen LogP contribution in [0.3, 0.4) is 0 Å². The van der Waals surface area contributed by atoms with Gasteiger partial charge in [0.2, 0.25) is 6.20 Å². The predicted molar refractivity (Wildman–Crippen MR) is 70.4 cm³/mol. The lowest BCUT2D eigenvalue weighted by atomic mass is 10.1. The number of fused-ring (bicyclic) bond motifs is 1. The van der Waals surface area contributed by atoms with Crippen LogP contribution >= 0.6 is 0 Å². The maximum atomic E-state index is 12.2. The Kier molecular flexibility index (Phi) is 3.79. The van der Waals surface area contributed by atoms with Crippen molar-refractivity contribution >= 4 is 23.1 Å². The lowest BCUT2D eigenvalue weighted by Crippen LogP contribution is -2.33. The first-order chi connectivity index (χ1) is 9.54. The van der Waals surface area contributed by atoms with Gasteiger partial charge < -0.3 is 4.74 Å². The number of ether oxygens (including phenoxy) is 1. The summed E-state index contributed by atoms with van der Waals surface area (Å²) in [7, 11) is 0. The van der Waals surface area contributed by atoms with Gasteiger partial charge in [-0.05, 0) is 13.0 Å². The number of amides is 1. The van der Waals surface area contributed by atoms with E-state index in [0.29, 0.717) is 17.5 Å². The first kappa shape index (κ1) is 13.7. The number of anilines is 1. The molecule has 1 aliphatic heterocycles. The van der Waals surface area contributed by atoms with Gasteiger partial charge in [0.15, 0.2) is 0 Å². The molecule has 7 nitrogen and oxygen atoms in total. The van der Waals surface area contributed by atoms with E-state index >= 15 is 0 Å². The number of hydrogen-bond donors (Lipinski definition) is 0. The monoisotopic (exact) mass is 276 g/mol. The minimum atomic E-state index is -0.683. The summed E-state index contributed by atoms with van der Waals surface area (Å²) in [5.74, 6) is -1.13. The van der Waals surface area contributed by atoms with Crippen LogP contribution in [0, 0.1) is 10.1 Å². The number of benzene rings is 1. The van der Waals surface area contributed by atoms with Crippen molar-refractivity contribution < 1.29 is 19.2 Å². The quantitative estimate of drug-likeness (QED) is 0.357. The van der Waals surface area contributed by atoms with Gasteiger partial charge in [0.1, 0.15) is 12.1 Å². The van der Waals surface area contributed by atoms with Crippen molar-refractivity contribution in [2.24, 2.45) is 0 Å². The van der Waals surface area contributed by atoms with Crippen molar-refractivity contribution in [2.75, 3.05) is 18.1 Å². The van der Waals surface area contributed by atoms with Crippen LogP contribution in [0.4, 0.5) is 5.69 Å². The molecule has 0 saturated heterocycles. The van der Waals surface area contributed by atoms with Crippen LogP contribution in [0.2, 0.25) is 0 Å². The molecule has 2 rings (SSSR count). The summed E-state index contributed by atoms with van der Waals surface area (Å²) in [6.45, 7) is 1.61. The second-order valence-electron chi connectivity index (χ2n) is 4.04. The smallest absolute Gasteiger partial charge is 0.326 e. The van der Waals surface area contributed by atoms with Gasteiger partial charge in [-0.1, -0.05) is 18.2 Å². The maximum Gasteiger partial charge on any atom is 0.326 e. The predicted octanol–water partition coefficient (Wildman–Crippen LogP) is 1.21. The highest BCUT2D eigenvalue weighted by Gasteiger charge is 2.35. The van der Waals surface area contributed by atoms with Gasteiger partial charge in [-0.2, -0.15) is 0 Å². The van der Waals surface area contributed by atoms with Crippen molar-refractivity contribution in [1.82, 2.24) is 0 Å². The van der Waals surface area contributed by atoms with Crippen molar-refractivity contribution in [2.45, 2.75) is 6.92 Å². The van der Waals surface area contributed by atoms with E-state index in [2.05, 4.69) is 0 Å². The number of nitrogens with zero attached hydrogens (tertiary/aromatic N) is 2. The Bertz CT molecular complexity index is 609. The zero-order valence-corrected chi connectivity index (χ0v) is 10.7. The average molecular weight is 276 g/mol. The summed E-state index contributed by atoms with van der Waals surface area (Å²) in [5, 5.41) is 10.6. The lowest BCUT2D eigenvalue weighted by Gasteiger charge is -2.15. The third-order valence-corrected chi connectivity index (χ3v) is 2.79. The minimum Gasteiger partial charge on any atom is -0.465 e. The normalized spacial score (nSPS) is 15.3. The highest BCUT2D eigenvalue weighted by Crippen LogP contribution is 2.36.